The molecule has 0 bridgehead atoms. The van der Waals surface area contributed by atoms with E-state index in [9.17, 15) is 5.11 Å². The molecule has 6 heteroatoms. The Hall–Kier alpha value is -2.88. The molecule has 2 aromatic rings. The summed E-state index contributed by atoms with van der Waals surface area (Å²) in [6.07, 6.45) is 7.03. The predicted octanol–water partition coefficient (Wildman–Crippen LogP) is 5.25. The molecule has 2 fully saturated rings. The fraction of sp³-hybridized carbons (Fsp3) is 0.576. The Morgan fingerprint density at radius 1 is 1.03 bits per heavy atom. The predicted molar refractivity (Wildman–Crippen MR) is 149 cm³/mol. The number of fused-ring (bicyclic) bond motifs is 7. The molecule has 1 N–H and O–H groups in total. The molecule has 0 unspecified atom stereocenters. The van der Waals surface area contributed by atoms with Gasteiger partial charge in [0.15, 0.2) is 11.5 Å². The van der Waals surface area contributed by atoms with Gasteiger partial charge >= 0.3 is 0 Å². The lowest BCUT2D eigenvalue weighted by Gasteiger charge is -2.52. The van der Waals surface area contributed by atoms with Crippen molar-refractivity contribution in [2.45, 2.75) is 69.4 Å². The normalized spacial score (nSPS) is 34.2. The van der Waals surface area contributed by atoms with Crippen molar-refractivity contribution in [2.24, 2.45) is 17.3 Å². The van der Waals surface area contributed by atoms with Crippen molar-refractivity contribution in [3.63, 3.8) is 0 Å². The second kappa shape index (κ2) is 9.08. The number of aryl methyl sites for hydroxylation is 1. The molecule has 2 aromatic carbocycles. The Morgan fingerprint density at radius 2 is 1.90 bits per heavy atom. The maximum Gasteiger partial charge on any atom is 0.231 e. The molecule has 0 aromatic heterocycles. The van der Waals surface area contributed by atoms with Crippen LogP contribution in [0.15, 0.2) is 24.3 Å². The number of rotatable bonds is 2. The second-order valence-electron chi connectivity index (χ2n) is 12.5. The molecule has 2 aliphatic heterocycles. The number of aliphatic hydroxyl groups is 1. The first-order chi connectivity index (χ1) is 18.9. The first-order valence-corrected chi connectivity index (χ1v) is 14.5. The second-order valence-corrected chi connectivity index (χ2v) is 12.5. The molecule has 7 rings (SSSR count). The highest BCUT2D eigenvalue weighted by Gasteiger charge is 2.61. The summed E-state index contributed by atoms with van der Waals surface area (Å²) < 4.78 is 22.8. The molecule has 0 spiro atoms. The van der Waals surface area contributed by atoms with Gasteiger partial charge in [-0.15, -0.1) is 0 Å². The molecular weight excluding hydrogens is 490 g/mol. The van der Waals surface area contributed by atoms with Crippen LogP contribution in [0.5, 0.6) is 23.0 Å². The molecule has 0 amide bonds. The lowest BCUT2D eigenvalue weighted by atomic mass is 9.53. The molecule has 2 heterocycles. The van der Waals surface area contributed by atoms with Crippen LogP contribution in [0, 0.1) is 29.1 Å². The van der Waals surface area contributed by atoms with E-state index in [4.69, 9.17) is 18.9 Å². The molecule has 39 heavy (non-hydrogen) atoms. The Morgan fingerprint density at radius 3 is 2.72 bits per heavy atom. The number of hydrogen-bond acceptors (Lipinski definition) is 6. The average molecular weight is 530 g/mol. The first kappa shape index (κ1) is 25.1. The van der Waals surface area contributed by atoms with E-state index in [0.29, 0.717) is 29.3 Å². The molecule has 0 radical (unpaired) electrons. The number of benzene rings is 2. The van der Waals surface area contributed by atoms with Gasteiger partial charge in [0.05, 0.1) is 14.2 Å². The van der Waals surface area contributed by atoms with E-state index in [0.717, 1.165) is 62.1 Å². The zero-order valence-corrected chi connectivity index (χ0v) is 23.5. The van der Waals surface area contributed by atoms with Crippen LogP contribution in [0.2, 0.25) is 0 Å². The summed E-state index contributed by atoms with van der Waals surface area (Å²) in [5.41, 5.74) is 3.98. The van der Waals surface area contributed by atoms with E-state index in [2.05, 4.69) is 55.0 Å². The van der Waals surface area contributed by atoms with Gasteiger partial charge in [-0.3, -0.25) is 4.90 Å². The molecular formula is C33H39NO5. The fourth-order valence-electron chi connectivity index (χ4n) is 8.71. The molecule has 3 aliphatic carbocycles. The highest BCUT2D eigenvalue weighted by Crippen LogP contribution is 2.64. The van der Waals surface area contributed by atoms with Crippen molar-refractivity contribution < 1.29 is 24.1 Å². The van der Waals surface area contributed by atoms with Crippen molar-refractivity contribution >= 4 is 0 Å². The third kappa shape index (κ3) is 3.62. The summed E-state index contributed by atoms with van der Waals surface area (Å²) in [6, 6.07) is 8.56. The van der Waals surface area contributed by atoms with Gasteiger partial charge in [-0.05, 0) is 105 Å². The van der Waals surface area contributed by atoms with E-state index < -0.39 is 5.60 Å². The fourth-order valence-corrected chi connectivity index (χ4v) is 8.71. The maximum absolute atomic E-state index is 12.3. The van der Waals surface area contributed by atoms with Gasteiger partial charge in [-0.1, -0.05) is 24.8 Å². The number of ether oxygens (including phenoxy) is 4. The molecule has 0 saturated heterocycles. The third-order valence-corrected chi connectivity index (χ3v) is 10.9. The van der Waals surface area contributed by atoms with Crippen LogP contribution in [0.3, 0.4) is 0 Å². The number of likely N-dealkylation sites (N-methyl/N-ethyl adjacent to an activating group) is 1. The van der Waals surface area contributed by atoms with Crippen molar-refractivity contribution in [1.29, 1.82) is 0 Å². The van der Waals surface area contributed by atoms with Crippen LogP contribution < -0.4 is 18.9 Å². The highest BCUT2D eigenvalue weighted by atomic mass is 16.7. The summed E-state index contributed by atoms with van der Waals surface area (Å²) >= 11 is 0. The summed E-state index contributed by atoms with van der Waals surface area (Å²) in [5, 5.41) is 12.3. The number of methoxy groups -OCH3 is 2. The quantitative estimate of drug-likeness (QED) is 0.536. The van der Waals surface area contributed by atoms with E-state index in [1.807, 2.05) is 0 Å². The molecule has 6 nitrogen and oxygen atoms in total. The van der Waals surface area contributed by atoms with E-state index in [1.165, 1.54) is 23.1 Å². The summed E-state index contributed by atoms with van der Waals surface area (Å²) in [7, 11) is 5.53. The number of nitrogens with zero attached hydrogens (tertiary/aromatic N) is 1. The molecule has 6 atom stereocenters. The Bertz CT molecular complexity index is 1380. The van der Waals surface area contributed by atoms with Gasteiger partial charge in [0.2, 0.25) is 12.5 Å². The third-order valence-electron chi connectivity index (χ3n) is 10.9. The van der Waals surface area contributed by atoms with Crippen LogP contribution >= 0.6 is 0 Å². The first-order valence-electron chi connectivity index (χ1n) is 14.5. The monoisotopic (exact) mass is 529 g/mol. The average Bonchev–Trinajstić information content (AvgIpc) is 3.52. The minimum atomic E-state index is -0.995. The van der Waals surface area contributed by atoms with Gasteiger partial charge in [0, 0.05) is 17.5 Å². The van der Waals surface area contributed by atoms with E-state index in [1.54, 1.807) is 14.2 Å². The minimum absolute atomic E-state index is 0.169. The van der Waals surface area contributed by atoms with Crippen LogP contribution in [0.1, 0.15) is 73.2 Å². The standard InChI is InChI=1S/C33H39NO5/c1-32-13-9-24-23-8-6-22(36-3)17-20(23)5-7-25(24)26(32)10-14-33(32,35)15-11-27-29-21(12-16-34(27)2)18-28-30(31(29)37-4)39-19-38-28/h6,8,17-18,24-27,35H,5,7,9-10,12-14,16,19H2,1-4H3/t24-,25-,26-,27+,32-,33-/m0/s1. The largest absolute Gasteiger partial charge is 0.497 e. The van der Waals surface area contributed by atoms with Gasteiger partial charge in [0.25, 0.3) is 0 Å². The van der Waals surface area contributed by atoms with Crippen LogP contribution in [-0.4, -0.2) is 50.2 Å². The van der Waals surface area contributed by atoms with Gasteiger partial charge in [-0.25, -0.2) is 0 Å². The topological polar surface area (TPSA) is 60.4 Å². The summed E-state index contributed by atoms with van der Waals surface area (Å²) in [5.74, 6) is 11.8. The zero-order valence-electron chi connectivity index (χ0n) is 23.5. The highest BCUT2D eigenvalue weighted by molar-refractivity contribution is 5.63. The molecule has 5 aliphatic rings. The van der Waals surface area contributed by atoms with Crippen LogP contribution in [0.25, 0.3) is 0 Å². The van der Waals surface area contributed by atoms with Crippen molar-refractivity contribution in [1.82, 2.24) is 4.90 Å². The number of hydrogen-bond donors (Lipinski definition) is 1. The maximum atomic E-state index is 12.3. The van der Waals surface area contributed by atoms with Crippen molar-refractivity contribution in [2.75, 3.05) is 34.6 Å². The lowest BCUT2D eigenvalue weighted by Crippen LogP contribution is -2.50. The zero-order chi connectivity index (χ0) is 26.9. The Kier molecular flexibility index (Phi) is 5.84. The SMILES string of the molecule is COc1ccc2c(c1)CC[C@H]1[C@H]2CC[C@@]2(C)[C@H]1CC[C@]2(O)C#C[C@@H]1c2c(cc3c(c2OC)OCO3)CCN1C. The molecule has 206 valence electrons. The van der Waals surface area contributed by atoms with Crippen molar-refractivity contribution in [3.8, 4) is 34.8 Å². The minimum Gasteiger partial charge on any atom is -0.497 e. The smallest absolute Gasteiger partial charge is 0.231 e. The van der Waals surface area contributed by atoms with E-state index >= 15 is 0 Å². The van der Waals surface area contributed by atoms with Crippen molar-refractivity contribution in [3.05, 3.63) is 46.5 Å². The lowest BCUT2D eigenvalue weighted by molar-refractivity contribution is -0.0649. The Labute approximate surface area is 231 Å². The Balaban J connectivity index is 1.21. The van der Waals surface area contributed by atoms with E-state index in [-0.39, 0.29) is 18.2 Å². The molecule has 2 saturated carbocycles. The van der Waals surface area contributed by atoms with Gasteiger partial charge < -0.3 is 24.1 Å². The van der Waals surface area contributed by atoms with Gasteiger partial charge in [-0.2, -0.15) is 0 Å². The van der Waals surface area contributed by atoms with Crippen LogP contribution in [-0.2, 0) is 12.8 Å². The summed E-state index contributed by atoms with van der Waals surface area (Å²) in [6.45, 7) is 3.41. The summed E-state index contributed by atoms with van der Waals surface area (Å²) in [4.78, 5) is 2.27. The van der Waals surface area contributed by atoms with Crippen LogP contribution in [0.4, 0.5) is 0 Å². The van der Waals surface area contributed by atoms with Gasteiger partial charge in [0.1, 0.15) is 17.4 Å².